The Labute approximate surface area is 108 Å². The number of hydrogen-bond acceptors (Lipinski definition) is 5. The summed E-state index contributed by atoms with van der Waals surface area (Å²) in [4.78, 5) is 25.3. The van der Waals surface area contributed by atoms with Crippen LogP contribution >= 0.6 is 0 Å². The summed E-state index contributed by atoms with van der Waals surface area (Å²) < 4.78 is 4.67. The number of likely N-dealkylation sites (N-methyl/N-ethyl adjacent to an activating group) is 1. The molecule has 1 amide bonds. The summed E-state index contributed by atoms with van der Waals surface area (Å²) in [5.74, 6) is -0.225. The molecule has 1 rings (SSSR count). The number of ether oxygens (including phenoxy) is 1. The van der Waals surface area contributed by atoms with Crippen LogP contribution in [0.4, 0.5) is 0 Å². The highest BCUT2D eigenvalue weighted by molar-refractivity contribution is 5.82. The van der Waals surface area contributed by atoms with E-state index in [9.17, 15) is 9.59 Å². The van der Waals surface area contributed by atoms with Crippen LogP contribution in [0, 0.1) is 0 Å². The second-order valence-electron chi connectivity index (χ2n) is 4.48. The molecule has 1 saturated heterocycles. The number of methoxy groups -OCH3 is 1. The maximum Gasteiger partial charge on any atom is 0.307 e. The number of amides is 1. The van der Waals surface area contributed by atoms with Crippen LogP contribution in [0.25, 0.3) is 0 Å². The van der Waals surface area contributed by atoms with E-state index in [1.54, 1.807) is 0 Å². The molecule has 0 aromatic carbocycles. The van der Waals surface area contributed by atoms with Crippen LogP contribution in [0.3, 0.4) is 0 Å². The molecule has 2 unspecified atom stereocenters. The molecule has 2 N–H and O–H groups in total. The van der Waals surface area contributed by atoms with Crippen LogP contribution in [0.5, 0.6) is 0 Å². The van der Waals surface area contributed by atoms with Gasteiger partial charge in [-0.25, -0.2) is 0 Å². The lowest BCUT2D eigenvalue weighted by atomic mass is 10.1. The summed E-state index contributed by atoms with van der Waals surface area (Å²) in [5.41, 5.74) is 0. The second-order valence-corrected chi connectivity index (χ2v) is 4.48. The van der Waals surface area contributed by atoms with Crippen molar-refractivity contribution in [2.24, 2.45) is 0 Å². The van der Waals surface area contributed by atoms with Crippen molar-refractivity contribution in [2.75, 3.05) is 33.3 Å². The zero-order chi connectivity index (χ0) is 13.5. The van der Waals surface area contributed by atoms with Crippen molar-refractivity contribution in [3.8, 4) is 0 Å². The molecule has 1 aliphatic rings. The van der Waals surface area contributed by atoms with Gasteiger partial charge in [0, 0.05) is 32.2 Å². The molecule has 6 nitrogen and oxygen atoms in total. The molecule has 0 aromatic heterocycles. The Morgan fingerprint density at radius 2 is 2.28 bits per heavy atom. The van der Waals surface area contributed by atoms with Crippen LogP contribution < -0.4 is 10.6 Å². The van der Waals surface area contributed by atoms with Crippen LogP contribution in [0.2, 0.25) is 0 Å². The lowest BCUT2D eigenvalue weighted by molar-refractivity contribution is -0.143. The first-order valence-corrected chi connectivity index (χ1v) is 6.41. The molecule has 104 valence electrons. The van der Waals surface area contributed by atoms with Gasteiger partial charge in [0.25, 0.3) is 0 Å². The molecule has 0 aliphatic carbocycles. The fraction of sp³-hybridized carbons (Fsp3) is 0.833. The van der Waals surface area contributed by atoms with Gasteiger partial charge in [-0.1, -0.05) is 0 Å². The third-order valence-corrected chi connectivity index (χ3v) is 3.19. The van der Waals surface area contributed by atoms with Crippen molar-refractivity contribution in [1.29, 1.82) is 0 Å². The average Bonchev–Trinajstić information content (AvgIpc) is 2.38. The predicted octanol–water partition coefficient (Wildman–Crippen LogP) is -0.652. The van der Waals surface area contributed by atoms with Crippen LogP contribution in [0.1, 0.15) is 20.3 Å². The van der Waals surface area contributed by atoms with Crippen molar-refractivity contribution < 1.29 is 14.3 Å². The minimum atomic E-state index is -0.240. The molecule has 0 saturated carbocycles. The SMILES string of the molecule is CCNC(=O)C1CNCCN1C(C)CC(=O)OC. The van der Waals surface area contributed by atoms with Gasteiger partial charge >= 0.3 is 5.97 Å². The summed E-state index contributed by atoms with van der Waals surface area (Å²) >= 11 is 0. The summed E-state index contributed by atoms with van der Waals surface area (Å²) in [6.45, 7) is 6.69. The van der Waals surface area contributed by atoms with E-state index in [1.807, 2.05) is 13.8 Å². The highest BCUT2D eigenvalue weighted by Crippen LogP contribution is 2.12. The van der Waals surface area contributed by atoms with Gasteiger partial charge in [-0.15, -0.1) is 0 Å². The highest BCUT2D eigenvalue weighted by Gasteiger charge is 2.32. The van der Waals surface area contributed by atoms with Crippen LogP contribution in [-0.2, 0) is 14.3 Å². The van der Waals surface area contributed by atoms with Crippen molar-refractivity contribution in [3.63, 3.8) is 0 Å². The average molecular weight is 257 g/mol. The van der Waals surface area contributed by atoms with Crippen LogP contribution in [0.15, 0.2) is 0 Å². The van der Waals surface area contributed by atoms with Gasteiger partial charge < -0.3 is 15.4 Å². The molecule has 0 spiro atoms. The van der Waals surface area contributed by atoms with Gasteiger partial charge in [-0.2, -0.15) is 0 Å². The van der Waals surface area contributed by atoms with E-state index in [4.69, 9.17) is 0 Å². The molecule has 1 fully saturated rings. The second kappa shape index (κ2) is 7.33. The number of rotatable bonds is 5. The first-order chi connectivity index (χ1) is 8.60. The Kier molecular flexibility index (Phi) is 6.07. The van der Waals surface area contributed by atoms with E-state index in [-0.39, 0.29) is 24.0 Å². The summed E-state index contributed by atoms with van der Waals surface area (Å²) in [6, 6.07) is -0.203. The van der Waals surface area contributed by atoms with Gasteiger partial charge in [0.05, 0.1) is 13.5 Å². The largest absolute Gasteiger partial charge is 0.469 e. The minimum absolute atomic E-state index is 0.00663. The molecule has 0 aromatic rings. The number of nitrogens with zero attached hydrogens (tertiary/aromatic N) is 1. The van der Waals surface area contributed by atoms with Gasteiger partial charge in [-0.3, -0.25) is 14.5 Å². The monoisotopic (exact) mass is 257 g/mol. The molecule has 2 atom stereocenters. The predicted molar refractivity (Wildman–Crippen MR) is 68.1 cm³/mol. The zero-order valence-corrected chi connectivity index (χ0v) is 11.4. The van der Waals surface area contributed by atoms with Gasteiger partial charge in [0.1, 0.15) is 6.04 Å². The maximum atomic E-state index is 12.0. The lowest BCUT2D eigenvalue weighted by Crippen LogP contribution is -2.60. The number of piperazine rings is 1. The van der Waals surface area contributed by atoms with E-state index in [0.29, 0.717) is 19.5 Å². The Morgan fingerprint density at radius 1 is 1.56 bits per heavy atom. The Hall–Kier alpha value is -1.14. The fourth-order valence-electron chi connectivity index (χ4n) is 2.22. The Morgan fingerprint density at radius 3 is 2.89 bits per heavy atom. The number of nitrogens with one attached hydrogen (secondary N) is 2. The van der Waals surface area contributed by atoms with E-state index in [2.05, 4.69) is 20.3 Å². The van der Waals surface area contributed by atoms with Crippen molar-refractivity contribution in [1.82, 2.24) is 15.5 Å². The van der Waals surface area contributed by atoms with Gasteiger partial charge in [0.2, 0.25) is 5.91 Å². The normalized spacial score (nSPS) is 22.3. The van der Waals surface area contributed by atoms with E-state index in [1.165, 1.54) is 7.11 Å². The third kappa shape index (κ3) is 3.96. The van der Waals surface area contributed by atoms with E-state index >= 15 is 0 Å². The molecule has 0 bridgehead atoms. The number of esters is 1. The smallest absolute Gasteiger partial charge is 0.307 e. The molecule has 1 aliphatic heterocycles. The van der Waals surface area contributed by atoms with E-state index in [0.717, 1.165) is 13.1 Å². The van der Waals surface area contributed by atoms with Gasteiger partial charge in [-0.05, 0) is 13.8 Å². The van der Waals surface area contributed by atoms with Crippen LogP contribution in [-0.4, -0.2) is 62.1 Å². The molecule has 0 radical (unpaired) electrons. The molecule has 1 heterocycles. The topological polar surface area (TPSA) is 70.7 Å². The number of carbonyl (C=O) groups excluding carboxylic acids is 2. The molecule has 6 heteroatoms. The highest BCUT2D eigenvalue weighted by atomic mass is 16.5. The molecule has 18 heavy (non-hydrogen) atoms. The summed E-state index contributed by atoms with van der Waals surface area (Å²) in [6.07, 6.45) is 0.312. The van der Waals surface area contributed by atoms with Crippen molar-refractivity contribution in [3.05, 3.63) is 0 Å². The lowest BCUT2D eigenvalue weighted by Gasteiger charge is -2.38. The fourth-order valence-corrected chi connectivity index (χ4v) is 2.22. The standard InChI is InChI=1S/C12H23N3O3/c1-4-14-12(17)10-8-13-5-6-15(10)9(2)7-11(16)18-3/h9-10,13H,4-8H2,1-3H3,(H,14,17). The number of hydrogen-bond donors (Lipinski definition) is 2. The third-order valence-electron chi connectivity index (χ3n) is 3.19. The van der Waals surface area contributed by atoms with Crippen molar-refractivity contribution >= 4 is 11.9 Å². The van der Waals surface area contributed by atoms with Crippen molar-refractivity contribution in [2.45, 2.75) is 32.4 Å². The van der Waals surface area contributed by atoms with E-state index < -0.39 is 0 Å². The summed E-state index contributed by atoms with van der Waals surface area (Å²) in [7, 11) is 1.38. The Balaban J connectivity index is 2.63. The van der Waals surface area contributed by atoms with Gasteiger partial charge in [0.15, 0.2) is 0 Å². The molecular weight excluding hydrogens is 234 g/mol. The number of carbonyl (C=O) groups is 2. The molecular formula is C12H23N3O3. The zero-order valence-electron chi connectivity index (χ0n) is 11.4. The Bertz CT molecular complexity index is 296. The first-order valence-electron chi connectivity index (χ1n) is 6.41. The maximum absolute atomic E-state index is 12.0. The first kappa shape index (κ1) is 14.9. The minimum Gasteiger partial charge on any atom is -0.469 e. The summed E-state index contributed by atoms with van der Waals surface area (Å²) in [5, 5.41) is 6.04. The quantitative estimate of drug-likeness (QED) is 0.640.